The molecule has 32 heavy (non-hydrogen) atoms. The largest absolute Gasteiger partial charge is 0.487 e. The van der Waals surface area contributed by atoms with Crippen molar-refractivity contribution in [2.45, 2.75) is 30.9 Å². The van der Waals surface area contributed by atoms with Crippen molar-refractivity contribution < 1.29 is 26.7 Å². The van der Waals surface area contributed by atoms with Gasteiger partial charge in [0.1, 0.15) is 16.7 Å². The maximum absolute atomic E-state index is 13.5. The maximum Gasteiger partial charge on any atom is 0.247 e. The highest BCUT2D eigenvalue weighted by Gasteiger charge is 2.38. The Morgan fingerprint density at radius 1 is 1.19 bits per heavy atom. The van der Waals surface area contributed by atoms with Gasteiger partial charge in [0.05, 0.1) is 19.4 Å². The van der Waals surface area contributed by atoms with E-state index in [0.29, 0.717) is 0 Å². The fraction of sp³-hybridized carbons (Fsp3) is 0.455. The number of likely N-dealkylation sites (N-methyl/N-ethyl adjacent to an activating group) is 1. The summed E-state index contributed by atoms with van der Waals surface area (Å²) in [5, 5.41) is 9.70. The van der Waals surface area contributed by atoms with Crippen molar-refractivity contribution >= 4 is 20.0 Å². The van der Waals surface area contributed by atoms with Crippen LogP contribution in [-0.2, 0) is 20.0 Å². The molecule has 2 aromatic carbocycles. The fourth-order valence-corrected chi connectivity index (χ4v) is 5.89. The van der Waals surface area contributed by atoms with Gasteiger partial charge in [-0.25, -0.2) is 21.1 Å². The van der Waals surface area contributed by atoms with Crippen molar-refractivity contribution in [1.82, 2.24) is 8.61 Å². The van der Waals surface area contributed by atoms with Crippen LogP contribution in [0.3, 0.4) is 0 Å². The minimum atomic E-state index is -3.95. The third-order valence-corrected chi connectivity index (χ3v) is 9.08. The number of fused-ring (bicyclic) bond motifs is 1. The van der Waals surface area contributed by atoms with Gasteiger partial charge < -0.3 is 9.84 Å². The van der Waals surface area contributed by atoms with Crippen molar-refractivity contribution in [3.8, 4) is 16.9 Å². The average molecular weight is 483 g/mol. The van der Waals surface area contributed by atoms with E-state index in [1.54, 1.807) is 19.1 Å². The van der Waals surface area contributed by atoms with Gasteiger partial charge in [0, 0.05) is 25.6 Å². The zero-order valence-corrected chi connectivity index (χ0v) is 20.3. The molecule has 1 heterocycles. The molecule has 0 spiro atoms. The van der Waals surface area contributed by atoms with Crippen molar-refractivity contribution in [3.05, 3.63) is 48.5 Å². The summed E-state index contributed by atoms with van der Waals surface area (Å²) >= 11 is 0. The third-order valence-electron chi connectivity index (χ3n) is 5.78. The number of benzene rings is 2. The van der Waals surface area contributed by atoms with Gasteiger partial charge in [0.25, 0.3) is 0 Å². The SMILES string of the molecule is C[C@@H]1CN([C@H](C)CO)S(=O)(=O)c2ccc(-c3ccccc3)cc2O[C@@H]1CN(C)S(C)(=O)=O. The molecule has 10 heteroatoms. The van der Waals surface area contributed by atoms with Crippen molar-refractivity contribution in [2.24, 2.45) is 5.92 Å². The molecule has 1 aliphatic heterocycles. The Balaban J connectivity index is 2.14. The molecule has 2 aromatic rings. The summed E-state index contributed by atoms with van der Waals surface area (Å²) in [7, 11) is -5.93. The lowest BCUT2D eigenvalue weighted by molar-refractivity contribution is 0.0906. The Morgan fingerprint density at radius 3 is 2.44 bits per heavy atom. The maximum atomic E-state index is 13.5. The number of rotatable bonds is 6. The van der Waals surface area contributed by atoms with Crippen LogP contribution in [0.1, 0.15) is 13.8 Å². The molecule has 3 rings (SSSR count). The number of ether oxygens (including phenoxy) is 1. The summed E-state index contributed by atoms with van der Waals surface area (Å²) in [5.41, 5.74) is 1.68. The monoisotopic (exact) mass is 482 g/mol. The summed E-state index contributed by atoms with van der Waals surface area (Å²) in [6, 6.07) is 13.8. The Hall–Kier alpha value is -1.98. The molecule has 3 atom stereocenters. The van der Waals surface area contributed by atoms with E-state index in [1.165, 1.54) is 21.7 Å². The van der Waals surface area contributed by atoms with E-state index in [4.69, 9.17) is 4.74 Å². The highest BCUT2D eigenvalue weighted by molar-refractivity contribution is 7.89. The first kappa shape index (κ1) is 24.7. The number of aliphatic hydroxyl groups is 1. The van der Waals surface area contributed by atoms with Crippen molar-refractivity contribution in [1.29, 1.82) is 0 Å². The van der Waals surface area contributed by atoms with Gasteiger partial charge in [0.2, 0.25) is 20.0 Å². The third kappa shape index (κ3) is 5.15. The topological polar surface area (TPSA) is 104 Å². The first-order valence-electron chi connectivity index (χ1n) is 10.3. The fourth-order valence-electron chi connectivity index (χ4n) is 3.64. The van der Waals surface area contributed by atoms with Gasteiger partial charge in [-0.15, -0.1) is 0 Å². The van der Waals surface area contributed by atoms with Crippen molar-refractivity contribution in [2.75, 3.05) is 33.0 Å². The van der Waals surface area contributed by atoms with E-state index in [0.717, 1.165) is 17.4 Å². The van der Waals surface area contributed by atoms with Crippen LogP contribution in [0.5, 0.6) is 5.75 Å². The Labute approximate surface area is 190 Å². The predicted molar refractivity (Wildman–Crippen MR) is 123 cm³/mol. The lowest BCUT2D eigenvalue weighted by Crippen LogP contribution is -2.50. The average Bonchev–Trinajstić information content (AvgIpc) is 2.75. The van der Waals surface area contributed by atoms with Crippen LogP contribution in [0.4, 0.5) is 0 Å². The van der Waals surface area contributed by atoms with Crippen LogP contribution < -0.4 is 4.74 Å². The highest BCUT2D eigenvalue weighted by atomic mass is 32.2. The molecule has 0 aliphatic carbocycles. The summed E-state index contributed by atoms with van der Waals surface area (Å²) in [5.74, 6) is -0.170. The van der Waals surface area contributed by atoms with Gasteiger partial charge in [-0.1, -0.05) is 43.3 Å². The highest BCUT2D eigenvalue weighted by Crippen LogP contribution is 2.36. The first-order valence-corrected chi connectivity index (χ1v) is 13.6. The van der Waals surface area contributed by atoms with Crippen LogP contribution in [0.15, 0.2) is 53.4 Å². The molecule has 0 radical (unpaired) electrons. The molecule has 1 aliphatic rings. The summed E-state index contributed by atoms with van der Waals surface area (Å²) in [4.78, 5) is -0.00334. The van der Waals surface area contributed by atoms with Crippen LogP contribution in [0, 0.1) is 5.92 Å². The Morgan fingerprint density at radius 2 is 1.84 bits per heavy atom. The van der Waals surface area contributed by atoms with E-state index in [9.17, 15) is 21.9 Å². The number of aliphatic hydroxyl groups excluding tert-OH is 1. The van der Waals surface area contributed by atoms with Crippen LogP contribution in [0.25, 0.3) is 11.1 Å². The molecule has 0 amide bonds. The molecule has 1 N–H and O–H groups in total. The van der Waals surface area contributed by atoms with E-state index in [-0.39, 0.29) is 36.3 Å². The molecule has 0 fully saturated rings. The molecule has 0 saturated heterocycles. The first-order chi connectivity index (χ1) is 14.9. The minimum Gasteiger partial charge on any atom is -0.487 e. The van der Waals surface area contributed by atoms with E-state index < -0.39 is 32.2 Å². The second kappa shape index (κ2) is 9.48. The van der Waals surface area contributed by atoms with Gasteiger partial charge in [0.15, 0.2) is 0 Å². The quantitative estimate of drug-likeness (QED) is 0.676. The molecular formula is C22H30N2O6S2. The van der Waals surface area contributed by atoms with Gasteiger partial charge in [-0.2, -0.15) is 4.31 Å². The standard InChI is InChI=1S/C22H30N2O6S2/c1-16-13-24(17(2)15-25)32(28,29)22-11-10-19(18-8-6-5-7-9-18)12-20(22)30-21(16)14-23(3)31(4,26)27/h5-12,16-17,21,25H,13-15H2,1-4H3/t16-,17-,21-/m1/s1. The van der Waals surface area contributed by atoms with Crippen molar-refractivity contribution in [3.63, 3.8) is 0 Å². The zero-order chi connectivity index (χ0) is 23.7. The lowest BCUT2D eigenvalue weighted by Gasteiger charge is -2.37. The van der Waals surface area contributed by atoms with Gasteiger partial charge in [-0.05, 0) is 30.2 Å². The van der Waals surface area contributed by atoms with E-state index in [2.05, 4.69) is 0 Å². The second-order valence-corrected chi connectivity index (χ2v) is 12.3. The molecule has 0 saturated carbocycles. The van der Waals surface area contributed by atoms with Gasteiger partial charge in [-0.3, -0.25) is 0 Å². The number of nitrogens with zero attached hydrogens (tertiary/aromatic N) is 2. The van der Waals surface area contributed by atoms with Crippen LogP contribution in [-0.4, -0.2) is 75.7 Å². The second-order valence-electron chi connectivity index (χ2n) is 8.31. The molecule has 176 valence electrons. The molecule has 0 bridgehead atoms. The predicted octanol–water partition coefficient (Wildman–Crippen LogP) is 2.01. The normalized spacial score (nSPS) is 22.4. The van der Waals surface area contributed by atoms with Crippen LogP contribution >= 0.6 is 0 Å². The Bertz CT molecular complexity index is 1150. The summed E-state index contributed by atoms with van der Waals surface area (Å²) in [6.45, 7) is 3.28. The zero-order valence-electron chi connectivity index (χ0n) is 18.7. The minimum absolute atomic E-state index is 0.00334. The Kier molecular flexibility index (Phi) is 7.31. The molecule has 0 unspecified atom stereocenters. The number of hydrogen-bond donors (Lipinski definition) is 1. The molecule has 8 nitrogen and oxygen atoms in total. The van der Waals surface area contributed by atoms with Crippen LogP contribution in [0.2, 0.25) is 0 Å². The lowest BCUT2D eigenvalue weighted by atomic mass is 10.0. The molecule has 0 aromatic heterocycles. The van der Waals surface area contributed by atoms with Gasteiger partial charge >= 0.3 is 0 Å². The number of hydrogen-bond acceptors (Lipinski definition) is 6. The van der Waals surface area contributed by atoms with E-state index >= 15 is 0 Å². The summed E-state index contributed by atoms with van der Waals surface area (Å²) in [6.07, 6.45) is 0.524. The molecular weight excluding hydrogens is 452 g/mol. The summed E-state index contributed by atoms with van der Waals surface area (Å²) < 4.78 is 59.7. The smallest absolute Gasteiger partial charge is 0.247 e. The number of sulfonamides is 2. The van der Waals surface area contributed by atoms with E-state index in [1.807, 2.05) is 37.3 Å².